The highest BCUT2D eigenvalue weighted by atomic mass is 16.5. The van der Waals surface area contributed by atoms with Crippen molar-refractivity contribution in [2.24, 2.45) is 32.9 Å². The molecular formula is C43H54N14O7. The number of aromatic nitrogens is 4. The van der Waals surface area contributed by atoms with Crippen molar-refractivity contribution >= 4 is 74.9 Å². The zero-order chi connectivity index (χ0) is 46.5. The minimum atomic E-state index is -0.725. The van der Waals surface area contributed by atoms with Gasteiger partial charge in [0, 0.05) is 68.3 Å². The number of allylic oxidation sites excluding steroid dienone is 4. The maximum absolute atomic E-state index is 13.7. The van der Waals surface area contributed by atoms with Crippen molar-refractivity contribution in [3.8, 4) is 11.5 Å². The molecule has 3 heterocycles. The van der Waals surface area contributed by atoms with Gasteiger partial charge in [0.25, 0.3) is 11.8 Å². The zero-order valence-corrected chi connectivity index (χ0v) is 36.4. The lowest BCUT2D eigenvalue weighted by Crippen LogP contribution is -2.47. The van der Waals surface area contributed by atoms with Gasteiger partial charge in [-0.15, -0.1) is 0 Å². The summed E-state index contributed by atoms with van der Waals surface area (Å²) in [5.74, 6) is -1.90. The van der Waals surface area contributed by atoms with Crippen LogP contribution in [0.25, 0.3) is 22.1 Å². The van der Waals surface area contributed by atoms with Gasteiger partial charge in [-0.25, -0.2) is 9.97 Å². The van der Waals surface area contributed by atoms with Crippen LogP contribution in [-0.4, -0.2) is 118 Å². The van der Waals surface area contributed by atoms with E-state index in [0.29, 0.717) is 60.7 Å². The van der Waals surface area contributed by atoms with Crippen molar-refractivity contribution in [1.82, 2.24) is 29.3 Å². The number of piperazine rings is 1. The minimum Gasteiger partial charge on any atom is -0.494 e. The number of rotatable bonds is 20. The number of aliphatic imine (C=N–C) groups is 2. The Kier molecular flexibility index (Phi) is 16.1. The lowest BCUT2D eigenvalue weighted by molar-refractivity contribution is -0.131. The molecule has 2 aromatic heterocycles. The molecule has 0 radical (unpaired) electrons. The summed E-state index contributed by atoms with van der Waals surface area (Å²) in [6, 6.07) is 5.96. The van der Waals surface area contributed by atoms with Crippen molar-refractivity contribution in [3.63, 3.8) is 0 Å². The number of hydrogen-bond donors (Lipinski definition) is 7. The molecule has 0 atom stereocenters. The highest BCUT2D eigenvalue weighted by Crippen LogP contribution is 2.33. The molecule has 64 heavy (non-hydrogen) atoms. The van der Waals surface area contributed by atoms with Crippen LogP contribution in [0.4, 0.5) is 11.9 Å². The fraction of sp³-hybridized carbons (Fsp3) is 0.326. The largest absolute Gasteiger partial charge is 0.494 e. The predicted octanol–water partition coefficient (Wildman–Crippen LogP) is 1.74. The van der Waals surface area contributed by atoms with Crippen molar-refractivity contribution in [3.05, 3.63) is 83.2 Å². The average molecular weight is 879 g/mol. The summed E-state index contributed by atoms with van der Waals surface area (Å²) < 4.78 is 15.2. The molecule has 0 saturated carbocycles. The Morgan fingerprint density at radius 1 is 0.750 bits per heavy atom. The second-order valence-electron chi connectivity index (χ2n) is 14.4. The third kappa shape index (κ3) is 11.8. The lowest BCUT2D eigenvalue weighted by Gasteiger charge is -2.26. The van der Waals surface area contributed by atoms with Crippen LogP contribution in [0.2, 0.25) is 0 Å². The number of fused-ring (bicyclic) bond motifs is 2. The summed E-state index contributed by atoms with van der Waals surface area (Å²) in [6.07, 6.45) is 10.0. The standard InChI is InChI=1S/C43H54N14O7/c1-6-49-31(18-25(3)44)40(61)53-42-51-29-20-27(38(46)59)22-33(63-5)36(29)56(42)14-8-9-15-57-37-30(52-43(57)54-41(62)32(50-7-2)19-26(4)45)21-28(39(47)60)23-34(37)64-17-11-10-13-55-16-12-48-24-35(55)58/h8-11,18-23,48H,6-7,12-17,24,44-45H2,1-5H3,(H2,46,59)(H2,47,60)(H,51,53,61)(H,52,54,62)/b9-8+,11-10+,25-18-,26-19-,49-31?,50-32?. The van der Waals surface area contributed by atoms with Crippen molar-refractivity contribution in [2.75, 3.05) is 63.6 Å². The smallest absolute Gasteiger partial charge is 0.276 e. The quantitative estimate of drug-likeness (QED) is 0.0494. The summed E-state index contributed by atoms with van der Waals surface area (Å²) in [4.78, 5) is 83.8. The summed E-state index contributed by atoms with van der Waals surface area (Å²) in [5, 5.41) is 8.69. The van der Waals surface area contributed by atoms with E-state index in [1.807, 2.05) is 6.08 Å². The highest BCUT2D eigenvalue weighted by Gasteiger charge is 2.23. The number of carbonyl (C=O) groups is 5. The molecule has 0 spiro atoms. The van der Waals surface area contributed by atoms with Crippen molar-refractivity contribution in [2.45, 2.75) is 40.8 Å². The first-order valence-corrected chi connectivity index (χ1v) is 20.4. The van der Waals surface area contributed by atoms with Gasteiger partial charge in [0.05, 0.1) is 24.7 Å². The maximum Gasteiger partial charge on any atom is 0.276 e. The molecule has 4 aromatic rings. The van der Waals surface area contributed by atoms with E-state index in [1.54, 1.807) is 60.0 Å². The third-order valence-corrected chi connectivity index (χ3v) is 9.46. The molecule has 21 heteroatoms. The number of primary amides is 2. The number of methoxy groups -OCH3 is 1. The fourth-order valence-corrected chi connectivity index (χ4v) is 6.63. The van der Waals surface area contributed by atoms with Crippen LogP contribution < -0.4 is 48.4 Å². The molecule has 0 bridgehead atoms. The van der Waals surface area contributed by atoms with Crippen LogP contribution in [0.3, 0.4) is 0 Å². The van der Waals surface area contributed by atoms with E-state index < -0.39 is 23.6 Å². The molecular weight excluding hydrogens is 825 g/mol. The number of benzene rings is 2. The van der Waals surface area contributed by atoms with Gasteiger partial charge in [0.2, 0.25) is 29.6 Å². The Hall–Kier alpha value is -7.81. The maximum atomic E-state index is 13.7. The first-order chi connectivity index (χ1) is 30.6. The summed E-state index contributed by atoms with van der Waals surface area (Å²) in [5.41, 5.74) is 25.8. The molecule has 1 saturated heterocycles. The molecule has 2 aromatic carbocycles. The Morgan fingerprint density at radius 2 is 1.23 bits per heavy atom. The molecule has 5 amide bonds. The van der Waals surface area contributed by atoms with Crippen molar-refractivity contribution in [1.29, 1.82) is 0 Å². The monoisotopic (exact) mass is 878 g/mol. The Balaban J connectivity index is 1.57. The van der Waals surface area contributed by atoms with Crippen LogP contribution in [0.5, 0.6) is 11.5 Å². The minimum absolute atomic E-state index is 0.00685. The van der Waals surface area contributed by atoms with Gasteiger partial charge < -0.3 is 51.8 Å². The van der Waals surface area contributed by atoms with Gasteiger partial charge in [0.1, 0.15) is 40.6 Å². The molecule has 21 nitrogen and oxygen atoms in total. The van der Waals surface area contributed by atoms with E-state index in [9.17, 15) is 24.0 Å². The van der Waals surface area contributed by atoms with Gasteiger partial charge in [-0.2, -0.15) is 0 Å². The van der Waals surface area contributed by atoms with Gasteiger partial charge in [-0.1, -0.05) is 18.2 Å². The molecule has 0 aliphatic carbocycles. The number of anilines is 2. The van der Waals surface area contributed by atoms with Crippen LogP contribution >= 0.6 is 0 Å². The lowest BCUT2D eigenvalue weighted by atomic mass is 10.1. The van der Waals surface area contributed by atoms with E-state index in [-0.39, 0.29) is 83.6 Å². The Labute approximate surface area is 369 Å². The molecule has 338 valence electrons. The first-order valence-electron chi connectivity index (χ1n) is 20.4. The number of nitrogens with one attached hydrogen (secondary N) is 3. The zero-order valence-electron chi connectivity index (χ0n) is 36.4. The van der Waals surface area contributed by atoms with Gasteiger partial charge in [-0.3, -0.25) is 44.6 Å². The second kappa shape index (κ2) is 21.8. The normalized spacial score (nSPS) is 14.3. The molecule has 1 aliphatic rings. The number of amides is 5. The average Bonchev–Trinajstić information content (AvgIpc) is 3.77. The molecule has 11 N–H and O–H groups in total. The van der Waals surface area contributed by atoms with Crippen molar-refractivity contribution < 1.29 is 33.4 Å². The van der Waals surface area contributed by atoms with Crippen LogP contribution in [-0.2, 0) is 27.5 Å². The van der Waals surface area contributed by atoms with E-state index in [1.165, 1.54) is 43.5 Å². The Morgan fingerprint density at radius 3 is 1.69 bits per heavy atom. The van der Waals surface area contributed by atoms with Crippen LogP contribution in [0.1, 0.15) is 48.4 Å². The SMILES string of the molecule is CCN=C(/C=C(/C)N)C(=O)Nc1nc2cc(C(N)=O)cc(OC)c2n1C/C=C/Cn1c(NC(=O)C(/C=C(/C)N)=NCC)nc2cc(C(N)=O)cc(OC/C=C/CN3CCNCC3=O)c21. The summed E-state index contributed by atoms with van der Waals surface area (Å²) in [7, 11) is 1.43. The molecule has 5 rings (SSSR count). The number of nitrogens with zero attached hydrogens (tertiary/aromatic N) is 7. The van der Waals surface area contributed by atoms with Gasteiger partial charge in [0.15, 0.2) is 0 Å². The second-order valence-corrected chi connectivity index (χ2v) is 14.4. The summed E-state index contributed by atoms with van der Waals surface area (Å²) in [6.45, 7) is 9.62. The van der Waals surface area contributed by atoms with E-state index in [4.69, 9.17) is 37.4 Å². The number of nitrogens with two attached hydrogens (primary N) is 4. The number of hydrogen-bond acceptors (Lipinski definition) is 14. The number of carbonyl (C=O) groups excluding carboxylic acids is 5. The van der Waals surface area contributed by atoms with Crippen LogP contribution in [0, 0.1) is 0 Å². The highest BCUT2D eigenvalue weighted by molar-refractivity contribution is 6.47. The third-order valence-electron chi connectivity index (χ3n) is 9.46. The first kappa shape index (κ1) is 47.2. The van der Waals surface area contributed by atoms with Crippen LogP contribution in [0.15, 0.2) is 82.1 Å². The molecule has 0 unspecified atom stereocenters. The number of imidazole rings is 2. The fourth-order valence-electron chi connectivity index (χ4n) is 6.63. The van der Waals surface area contributed by atoms with Gasteiger partial charge in [-0.05, 0) is 70.2 Å². The molecule has 1 fully saturated rings. The summed E-state index contributed by atoms with van der Waals surface area (Å²) >= 11 is 0. The van der Waals surface area contributed by atoms with E-state index >= 15 is 0 Å². The number of ether oxygens (including phenoxy) is 2. The molecule has 1 aliphatic heterocycles. The van der Waals surface area contributed by atoms with E-state index in [0.717, 1.165) is 0 Å². The predicted molar refractivity (Wildman–Crippen MR) is 245 cm³/mol. The topological polar surface area (TPSA) is 308 Å². The van der Waals surface area contributed by atoms with Gasteiger partial charge >= 0.3 is 0 Å². The Bertz CT molecular complexity index is 2630. The van der Waals surface area contributed by atoms with E-state index in [2.05, 4.69) is 30.9 Å².